The molecule has 0 aromatic heterocycles. The van der Waals surface area contributed by atoms with Crippen LogP contribution in [-0.4, -0.2) is 25.0 Å². The van der Waals surface area contributed by atoms with Gasteiger partial charge in [-0.25, -0.2) is 8.78 Å². The van der Waals surface area contributed by atoms with Gasteiger partial charge in [-0.05, 0) is 30.5 Å². The minimum atomic E-state index is -0.841. The molecule has 2 aromatic carbocycles. The van der Waals surface area contributed by atoms with Gasteiger partial charge in [-0.2, -0.15) is 0 Å². The van der Waals surface area contributed by atoms with Crippen LogP contribution in [0.2, 0.25) is 5.02 Å². The van der Waals surface area contributed by atoms with Gasteiger partial charge in [-0.3, -0.25) is 9.59 Å². The molecule has 0 bridgehead atoms. The van der Waals surface area contributed by atoms with E-state index >= 15 is 0 Å². The van der Waals surface area contributed by atoms with E-state index in [9.17, 15) is 18.4 Å². The molecule has 4 nitrogen and oxygen atoms in total. The molecule has 3 rings (SSSR count). The summed E-state index contributed by atoms with van der Waals surface area (Å²) in [5.41, 5.74) is 0.0693. The summed E-state index contributed by atoms with van der Waals surface area (Å²) < 4.78 is 33.1. The van der Waals surface area contributed by atoms with Crippen molar-refractivity contribution < 1.29 is 23.1 Å². The summed E-state index contributed by atoms with van der Waals surface area (Å²) in [6, 6.07) is 9.75. The van der Waals surface area contributed by atoms with E-state index in [4.69, 9.17) is 16.3 Å². The molecule has 0 spiro atoms. The van der Waals surface area contributed by atoms with Crippen molar-refractivity contribution >= 4 is 23.5 Å². The summed E-state index contributed by atoms with van der Waals surface area (Å²) in [6.07, 6.45) is 3.80. The Morgan fingerprint density at radius 1 is 1.14 bits per heavy atom. The number of hydrogen-bond donors (Lipinski definition) is 1. The van der Waals surface area contributed by atoms with Crippen molar-refractivity contribution in [2.24, 2.45) is 5.92 Å². The molecule has 7 heteroatoms. The smallest absolute Gasteiger partial charge is 0.313 e. The van der Waals surface area contributed by atoms with Crippen LogP contribution >= 0.6 is 11.6 Å². The Balaban J connectivity index is 1.75. The second-order valence-electron chi connectivity index (χ2n) is 6.49. The number of carbonyl (C=O) groups is 2. The molecule has 1 amide bonds. The molecule has 146 valence electrons. The minimum Gasteiger partial charge on any atom is -0.469 e. The molecule has 1 aliphatic carbocycles. The molecule has 0 fully saturated rings. The first-order valence-corrected chi connectivity index (χ1v) is 9.05. The number of methoxy groups -OCH3 is 1. The van der Waals surface area contributed by atoms with Crippen molar-refractivity contribution in [3.05, 3.63) is 82.4 Å². The first-order chi connectivity index (χ1) is 13.4. The zero-order chi connectivity index (χ0) is 20.3. The zero-order valence-electron chi connectivity index (χ0n) is 15.0. The number of hydrogen-bond acceptors (Lipinski definition) is 3. The molecular weight excluding hydrogens is 388 g/mol. The largest absolute Gasteiger partial charge is 0.469 e. The summed E-state index contributed by atoms with van der Waals surface area (Å²) in [6.45, 7) is 0. The van der Waals surface area contributed by atoms with E-state index in [1.807, 2.05) is 0 Å². The lowest BCUT2D eigenvalue weighted by atomic mass is 9.85. The van der Waals surface area contributed by atoms with Crippen LogP contribution in [0.1, 0.15) is 28.3 Å². The Labute approximate surface area is 166 Å². The van der Waals surface area contributed by atoms with E-state index < -0.39 is 35.5 Å². The molecule has 0 heterocycles. The number of amides is 1. The summed E-state index contributed by atoms with van der Waals surface area (Å²) in [5.74, 6) is -3.69. The Bertz CT molecular complexity index is 932. The average molecular weight is 406 g/mol. The number of halogens is 3. The van der Waals surface area contributed by atoms with Gasteiger partial charge in [0.15, 0.2) is 5.82 Å². The van der Waals surface area contributed by atoms with E-state index in [0.717, 1.165) is 0 Å². The van der Waals surface area contributed by atoms with Gasteiger partial charge in [0.25, 0.3) is 5.91 Å². The van der Waals surface area contributed by atoms with E-state index in [-0.39, 0.29) is 22.1 Å². The lowest BCUT2D eigenvalue weighted by molar-refractivity contribution is -0.143. The normalized spacial score (nSPS) is 19.3. The van der Waals surface area contributed by atoms with E-state index in [0.29, 0.717) is 6.42 Å². The van der Waals surface area contributed by atoms with Crippen LogP contribution in [0.25, 0.3) is 0 Å². The third-order valence-corrected chi connectivity index (χ3v) is 5.04. The Morgan fingerprint density at radius 2 is 1.89 bits per heavy atom. The monoisotopic (exact) mass is 405 g/mol. The van der Waals surface area contributed by atoms with Crippen LogP contribution in [0.15, 0.2) is 54.6 Å². The van der Waals surface area contributed by atoms with Crippen LogP contribution in [0.3, 0.4) is 0 Å². The summed E-state index contributed by atoms with van der Waals surface area (Å²) in [5, 5.41) is 2.56. The molecule has 0 saturated heterocycles. The van der Waals surface area contributed by atoms with Crippen LogP contribution in [-0.2, 0) is 9.53 Å². The second-order valence-corrected chi connectivity index (χ2v) is 6.90. The first kappa shape index (κ1) is 20.0. The van der Waals surface area contributed by atoms with Crippen molar-refractivity contribution in [1.82, 2.24) is 5.32 Å². The summed E-state index contributed by atoms with van der Waals surface area (Å²) >= 11 is 5.72. The Kier molecular flexibility index (Phi) is 6.09. The fourth-order valence-corrected chi connectivity index (χ4v) is 3.57. The Morgan fingerprint density at radius 3 is 2.61 bits per heavy atom. The number of carbonyl (C=O) groups excluding carboxylic acids is 2. The van der Waals surface area contributed by atoms with Crippen LogP contribution in [0.5, 0.6) is 0 Å². The van der Waals surface area contributed by atoms with Gasteiger partial charge >= 0.3 is 5.97 Å². The maximum atomic E-state index is 14.2. The molecular formula is C21H18ClF2NO3. The van der Waals surface area contributed by atoms with Crippen molar-refractivity contribution in [3.63, 3.8) is 0 Å². The predicted octanol–water partition coefficient (Wildman–Crippen LogP) is 4.25. The van der Waals surface area contributed by atoms with E-state index in [2.05, 4.69) is 5.32 Å². The molecule has 1 N–H and O–H groups in total. The lowest BCUT2D eigenvalue weighted by Crippen LogP contribution is -2.34. The standard InChI is InChI=1S/C21H18ClF2NO3/c1-28-21(27)18(14-5-2-3-8-17(14)23)12-9-10-13(11-12)25-20(26)15-6-4-7-16(22)19(15)24/h2-10,12-13,18H,11H2,1H3,(H,25,26). The Hall–Kier alpha value is -2.73. The number of nitrogens with one attached hydrogen (secondary N) is 1. The average Bonchev–Trinajstić information content (AvgIpc) is 3.13. The number of esters is 1. The maximum absolute atomic E-state index is 14.2. The van der Waals surface area contributed by atoms with E-state index in [1.54, 1.807) is 24.3 Å². The summed E-state index contributed by atoms with van der Waals surface area (Å²) in [7, 11) is 1.25. The molecule has 0 aliphatic heterocycles. The number of benzene rings is 2. The van der Waals surface area contributed by atoms with Crippen molar-refractivity contribution in [2.45, 2.75) is 18.4 Å². The van der Waals surface area contributed by atoms with Gasteiger partial charge in [-0.1, -0.05) is 48.0 Å². The minimum absolute atomic E-state index is 0.141. The quantitative estimate of drug-likeness (QED) is 0.597. The number of allylic oxidation sites excluding steroid dienone is 1. The van der Waals surface area contributed by atoms with Gasteiger partial charge in [0, 0.05) is 11.6 Å². The fraction of sp³-hybridized carbons (Fsp3) is 0.238. The third-order valence-electron chi connectivity index (χ3n) is 4.75. The van der Waals surface area contributed by atoms with Crippen molar-refractivity contribution in [2.75, 3.05) is 7.11 Å². The van der Waals surface area contributed by atoms with Crippen LogP contribution < -0.4 is 5.32 Å². The molecule has 1 aliphatic rings. The highest BCUT2D eigenvalue weighted by Gasteiger charge is 2.35. The van der Waals surface area contributed by atoms with Gasteiger partial charge in [0.1, 0.15) is 5.82 Å². The van der Waals surface area contributed by atoms with Crippen molar-refractivity contribution in [3.8, 4) is 0 Å². The lowest BCUT2D eigenvalue weighted by Gasteiger charge is -2.22. The third kappa shape index (κ3) is 4.07. The summed E-state index contributed by atoms with van der Waals surface area (Å²) in [4.78, 5) is 24.7. The second kappa shape index (κ2) is 8.52. The van der Waals surface area contributed by atoms with Gasteiger partial charge in [-0.15, -0.1) is 0 Å². The molecule has 28 heavy (non-hydrogen) atoms. The first-order valence-electron chi connectivity index (χ1n) is 8.67. The topological polar surface area (TPSA) is 55.4 Å². The highest BCUT2D eigenvalue weighted by molar-refractivity contribution is 6.31. The predicted molar refractivity (Wildman–Crippen MR) is 101 cm³/mol. The molecule has 0 radical (unpaired) electrons. The highest BCUT2D eigenvalue weighted by atomic mass is 35.5. The van der Waals surface area contributed by atoms with Crippen molar-refractivity contribution in [1.29, 1.82) is 0 Å². The molecule has 2 aromatic rings. The zero-order valence-corrected chi connectivity index (χ0v) is 15.7. The van der Waals surface area contributed by atoms with Crippen LogP contribution in [0.4, 0.5) is 8.78 Å². The SMILES string of the molecule is COC(=O)C(c1ccccc1F)C1C=CC(NC(=O)c2cccc(Cl)c2F)C1. The molecule has 0 saturated carbocycles. The number of ether oxygens (including phenoxy) is 1. The highest BCUT2D eigenvalue weighted by Crippen LogP contribution is 2.35. The molecule has 3 atom stereocenters. The van der Waals surface area contributed by atoms with Crippen LogP contribution in [0, 0.1) is 17.6 Å². The van der Waals surface area contributed by atoms with Gasteiger partial charge < -0.3 is 10.1 Å². The molecule has 3 unspecified atom stereocenters. The fourth-order valence-electron chi connectivity index (χ4n) is 3.39. The van der Waals surface area contributed by atoms with Gasteiger partial charge in [0.05, 0.1) is 23.6 Å². The maximum Gasteiger partial charge on any atom is 0.313 e. The van der Waals surface area contributed by atoms with E-state index in [1.165, 1.54) is 37.4 Å². The van der Waals surface area contributed by atoms with Gasteiger partial charge in [0.2, 0.25) is 0 Å². The number of rotatable bonds is 5.